The van der Waals surface area contributed by atoms with Gasteiger partial charge in [-0.1, -0.05) is 52.3 Å². The van der Waals surface area contributed by atoms with Gasteiger partial charge in [0.2, 0.25) is 17.7 Å². The van der Waals surface area contributed by atoms with Crippen LogP contribution in [0.3, 0.4) is 0 Å². The van der Waals surface area contributed by atoms with Crippen LogP contribution in [0, 0.1) is 11.8 Å². The van der Waals surface area contributed by atoms with Crippen molar-refractivity contribution in [2.24, 2.45) is 23.3 Å². The van der Waals surface area contributed by atoms with Crippen molar-refractivity contribution in [3.8, 4) is 0 Å². The number of nitrogens with one attached hydrogen (secondary N) is 4. The first-order valence-corrected chi connectivity index (χ1v) is 14.1. The molecule has 2 aromatic rings. The van der Waals surface area contributed by atoms with Gasteiger partial charge in [-0.2, -0.15) is 0 Å². The van der Waals surface area contributed by atoms with Gasteiger partial charge in [0, 0.05) is 23.5 Å². The zero-order chi connectivity index (χ0) is 29.8. The van der Waals surface area contributed by atoms with Crippen LogP contribution in [-0.2, 0) is 25.6 Å². The van der Waals surface area contributed by atoms with E-state index in [4.69, 9.17) is 11.5 Å². The molecule has 3 amide bonds. The Kier molecular flexibility index (Phi) is 13.1. The number of fused-ring (bicyclic) bond motifs is 1. The Morgan fingerprint density at radius 3 is 1.95 bits per heavy atom. The quantitative estimate of drug-likeness (QED) is 0.144. The Morgan fingerprint density at radius 2 is 1.40 bits per heavy atom. The number of nitrogens with two attached hydrogens (primary N) is 2. The Labute approximate surface area is 236 Å². The number of carboxylic acid groups (broad SMARTS) is 1. The summed E-state index contributed by atoms with van der Waals surface area (Å²) in [4.78, 5) is 54.6. The van der Waals surface area contributed by atoms with Crippen molar-refractivity contribution in [2.75, 3.05) is 6.54 Å². The number of hydrogen-bond acceptors (Lipinski definition) is 6. The lowest BCUT2D eigenvalue weighted by atomic mass is 9.99. The Morgan fingerprint density at radius 1 is 0.850 bits per heavy atom. The SMILES string of the molecule is CC(C)CC(NC(=O)C(N)CCCCN)C(=O)NC(CC(C)C)C(=O)NC(Cc1c[nH]c2ccccc12)C(=O)O. The van der Waals surface area contributed by atoms with Crippen LogP contribution in [0.5, 0.6) is 0 Å². The minimum atomic E-state index is -1.20. The number of aromatic nitrogens is 1. The molecule has 222 valence electrons. The van der Waals surface area contributed by atoms with E-state index in [1.165, 1.54) is 0 Å². The first-order chi connectivity index (χ1) is 18.9. The first-order valence-electron chi connectivity index (χ1n) is 14.1. The molecule has 11 heteroatoms. The molecule has 1 heterocycles. The van der Waals surface area contributed by atoms with E-state index < -0.39 is 47.9 Å². The summed E-state index contributed by atoms with van der Waals surface area (Å²) in [5, 5.41) is 18.9. The highest BCUT2D eigenvalue weighted by molar-refractivity contribution is 5.94. The minimum Gasteiger partial charge on any atom is -0.480 e. The molecule has 9 N–H and O–H groups in total. The zero-order valence-electron chi connectivity index (χ0n) is 24.0. The van der Waals surface area contributed by atoms with E-state index in [1.54, 1.807) is 6.20 Å². The third-order valence-electron chi connectivity index (χ3n) is 6.70. The fourth-order valence-corrected chi connectivity index (χ4v) is 4.59. The zero-order valence-corrected chi connectivity index (χ0v) is 24.0. The Bertz CT molecular complexity index is 1130. The number of benzene rings is 1. The van der Waals surface area contributed by atoms with E-state index in [9.17, 15) is 24.3 Å². The lowest BCUT2D eigenvalue weighted by Gasteiger charge is -2.27. The van der Waals surface area contributed by atoms with Crippen molar-refractivity contribution in [2.45, 2.75) is 90.4 Å². The van der Waals surface area contributed by atoms with Crippen LogP contribution in [0.25, 0.3) is 10.9 Å². The van der Waals surface area contributed by atoms with Crippen molar-refractivity contribution in [3.63, 3.8) is 0 Å². The van der Waals surface area contributed by atoms with E-state index in [0.29, 0.717) is 25.8 Å². The summed E-state index contributed by atoms with van der Waals surface area (Å²) in [5.74, 6) is -2.62. The van der Waals surface area contributed by atoms with Gasteiger partial charge in [-0.05, 0) is 55.7 Å². The number of para-hydroxylation sites is 1. The summed E-state index contributed by atoms with van der Waals surface area (Å²) < 4.78 is 0. The van der Waals surface area contributed by atoms with E-state index in [0.717, 1.165) is 22.9 Å². The molecule has 1 aromatic carbocycles. The van der Waals surface area contributed by atoms with Gasteiger partial charge >= 0.3 is 5.97 Å². The summed E-state index contributed by atoms with van der Waals surface area (Å²) in [6.07, 6.45) is 4.35. The largest absolute Gasteiger partial charge is 0.480 e. The summed E-state index contributed by atoms with van der Waals surface area (Å²) >= 11 is 0. The number of aromatic amines is 1. The molecule has 1 aromatic heterocycles. The molecule has 40 heavy (non-hydrogen) atoms. The topological polar surface area (TPSA) is 192 Å². The Balaban J connectivity index is 2.14. The fourth-order valence-electron chi connectivity index (χ4n) is 4.59. The van der Waals surface area contributed by atoms with E-state index >= 15 is 0 Å². The first kappa shape index (κ1) is 32.8. The highest BCUT2D eigenvalue weighted by Crippen LogP contribution is 2.19. The molecule has 2 rings (SSSR count). The number of carbonyl (C=O) groups excluding carboxylic acids is 3. The number of aliphatic carboxylic acids is 1. The van der Waals surface area contributed by atoms with Gasteiger partial charge in [0.25, 0.3) is 0 Å². The van der Waals surface area contributed by atoms with Gasteiger partial charge in [0.05, 0.1) is 6.04 Å². The average Bonchev–Trinajstić information content (AvgIpc) is 3.29. The van der Waals surface area contributed by atoms with Crippen LogP contribution in [0.4, 0.5) is 0 Å². The van der Waals surface area contributed by atoms with E-state index in [1.807, 2.05) is 52.0 Å². The standard InChI is InChI=1S/C29H46N6O5/c1-17(2)13-23(33-26(36)21(31)10-7-8-12-30)27(37)34-24(14-18(3)4)28(38)35-25(29(39)40)15-19-16-32-22-11-6-5-9-20(19)22/h5-6,9,11,16-18,21,23-25,32H,7-8,10,12-15,30-31H2,1-4H3,(H,33,36)(H,34,37)(H,35,38)(H,39,40). The predicted molar refractivity (Wildman–Crippen MR) is 155 cm³/mol. The molecule has 0 spiro atoms. The molecule has 0 saturated heterocycles. The van der Waals surface area contributed by atoms with Crippen LogP contribution >= 0.6 is 0 Å². The third kappa shape index (κ3) is 10.3. The molecule has 4 atom stereocenters. The maximum Gasteiger partial charge on any atom is 0.326 e. The predicted octanol–water partition coefficient (Wildman–Crippen LogP) is 1.80. The lowest BCUT2D eigenvalue weighted by Crippen LogP contribution is -2.57. The maximum atomic E-state index is 13.3. The molecule has 0 fully saturated rings. The lowest BCUT2D eigenvalue weighted by molar-refractivity contribution is -0.142. The number of carboxylic acids is 1. The number of rotatable bonds is 17. The summed E-state index contributed by atoms with van der Waals surface area (Å²) in [7, 11) is 0. The number of hydrogen-bond donors (Lipinski definition) is 7. The second-order valence-corrected chi connectivity index (χ2v) is 11.2. The average molecular weight is 559 g/mol. The van der Waals surface area contributed by atoms with Gasteiger partial charge < -0.3 is 37.5 Å². The highest BCUT2D eigenvalue weighted by atomic mass is 16.4. The van der Waals surface area contributed by atoms with E-state index in [-0.39, 0.29) is 24.7 Å². The van der Waals surface area contributed by atoms with Crippen LogP contribution in [0.15, 0.2) is 30.5 Å². The van der Waals surface area contributed by atoms with Crippen molar-refractivity contribution in [3.05, 3.63) is 36.0 Å². The van der Waals surface area contributed by atoms with Crippen LogP contribution in [0.2, 0.25) is 0 Å². The van der Waals surface area contributed by atoms with Gasteiger partial charge in [-0.25, -0.2) is 4.79 Å². The Hall–Kier alpha value is -3.44. The number of H-pyrrole nitrogens is 1. The molecular weight excluding hydrogens is 512 g/mol. The molecule has 11 nitrogen and oxygen atoms in total. The molecule has 0 aliphatic heterocycles. The molecule has 0 aliphatic carbocycles. The smallest absolute Gasteiger partial charge is 0.326 e. The number of unbranched alkanes of at least 4 members (excludes halogenated alkanes) is 1. The van der Waals surface area contributed by atoms with Crippen molar-refractivity contribution >= 4 is 34.6 Å². The van der Waals surface area contributed by atoms with E-state index in [2.05, 4.69) is 20.9 Å². The van der Waals surface area contributed by atoms with Crippen LogP contribution in [0.1, 0.15) is 65.4 Å². The van der Waals surface area contributed by atoms with Crippen LogP contribution in [-0.4, -0.2) is 64.5 Å². The normalized spacial score (nSPS) is 14.5. The maximum absolute atomic E-state index is 13.3. The summed E-state index contributed by atoms with van der Waals surface area (Å²) in [5.41, 5.74) is 13.2. The second kappa shape index (κ2) is 16.0. The molecule has 0 aliphatic rings. The van der Waals surface area contributed by atoms with Crippen LogP contribution < -0.4 is 27.4 Å². The van der Waals surface area contributed by atoms with Gasteiger partial charge in [0.15, 0.2) is 0 Å². The van der Waals surface area contributed by atoms with Gasteiger partial charge in [-0.15, -0.1) is 0 Å². The second-order valence-electron chi connectivity index (χ2n) is 11.2. The van der Waals surface area contributed by atoms with Gasteiger partial charge in [-0.3, -0.25) is 14.4 Å². The fraction of sp³-hybridized carbons (Fsp3) is 0.586. The summed E-state index contributed by atoms with van der Waals surface area (Å²) in [6.45, 7) is 8.17. The molecule has 0 radical (unpaired) electrons. The number of amides is 3. The molecule has 4 unspecified atom stereocenters. The van der Waals surface area contributed by atoms with Crippen molar-refractivity contribution < 1.29 is 24.3 Å². The third-order valence-corrected chi connectivity index (χ3v) is 6.70. The molecular formula is C29H46N6O5. The molecule has 0 saturated carbocycles. The number of carbonyl (C=O) groups is 4. The monoisotopic (exact) mass is 558 g/mol. The molecule has 0 bridgehead atoms. The summed E-state index contributed by atoms with van der Waals surface area (Å²) in [6, 6.07) is 3.67. The minimum absolute atomic E-state index is 0.0297. The van der Waals surface area contributed by atoms with Crippen molar-refractivity contribution in [1.82, 2.24) is 20.9 Å². The van der Waals surface area contributed by atoms with Gasteiger partial charge in [0.1, 0.15) is 18.1 Å². The highest BCUT2D eigenvalue weighted by Gasteiger charge is 2.31. The van der Waals surface area contributed by atoms with Crippen molar-refractivity contribution in [1.29, 1.82) is 0 Å².